The minimum atomic E-state index is -0.241. The van der Waals surface area contributed by atoms with Gasteiger partial charge in [0.15, 0.2) is 0 Å². The van der Waals surface area contributed by atoms with Gasteiger partial charge in [0.25, 0.3) is 0 Å². The highest BCUT2D eigenvalue weighted by Gasteiger charge is 2.18. The molecule has 1 aromatic rings. The van der Waals surface area contributed by atoms with E-state index in [-0.39, 0.29) is 12.0 Å². The molecule has 0 amide bonds. The van der Waals surface area contributed by atoms with Crippen molar-refractivity contribution in [2.75, 3.05) is 6.61 Å². The average molecular weight is 225 g/mol. The van der Waals surface area contributed by atoms with Crippen LogP contribution in [0.25, 0.3) is 0 Å². The summed E-state index contributed by atoms with van der Waals surface area (Å²) >= 11 is 0. The van der Waals surface area contributed by atoms with Gasteiger partial charge in [-0.2, -0.15) is 0 Å². The lowest BCUT2D eigenvalue weighted by Gasteiger charge is -2.15. The van der Waals surface area contributed by atoms with E-state index in [2.05, 4.69) is 5.32 Å². The van der Waals surface area contributed by atoms with Crippen molar-refractivity contribution in [3.8, 4) is 0 Å². The van der Waals surface area contributed by atoms with Gasteiger partial charge in [0.1, 0.15) is 11.8 Å². The number of hydrogen-bond acceptors (Lipinski definition) is 4. The molecule has 0 saturated carbocycles. The first-order valence-corrected chi connectivity index (χ1v) is 5.70. The summed E-state index contributed by atoms with van der Waals surface area (Å²) in [5.74, 6) is 0.640. The molecule has 0 aromatic carbocycles. The molecule has 90 valence electrons. The molecule has 1 atom stereocenters. The number of nitrogens with one attached hydrogen (secondary N) is 1. The second kappa shape index (κ2) is 7.06. The Bertz CT molecular complexity index is 295. The quantitative estimate of drug-likeness (QED) is 0.722. The van der Waals surface area contributed by atoms with Crippen LogP contribution in [0.4, 0.5) is 0 Å². The molecular formula is C12H19NO3. The fraction of sp³-hybridized carbons (Fsp3) is 0.583. The van der Waals surface area contributed by atoms with Crippen LogP contribution in [-0.4, -0.2) is 18.6 Å². The van der Waals surface area contributed by atoms with Crippen molar-refractivity contribution in [1.29, 1.82) is 0 Å². The zero-order valence-corrected chi connectivity index (χ0v) is 9.86. The van der Waals surface area contributed by atoms with Crippen molar-refractivity contribution in [2.45, 2.75) is 39.3 Å². The molecule has 0 fully saturated rings. The predicted octanol–water partition coefficient (Wildman–Crippen LogP) is 2.10. The third-order valence-corrected chi connectivity index (χ3v) is 2.25. The summed E-state index contributed by atoms with van der Waals surface area (Å²) in [5, 5.41) is 3.14. The number of esters is 1. The molecule has 1 heterocycles. The highest BCUT2D eigenvalue weighted by Crippen LogP contribution is 2.04. The zero-order valence-electron chi connectivity index (χ0n) is 9.86. The molecule has 0 bridgehead atoms. The predicted molar refractivity (Wildman–Crippen MR) is 60.9 cm³/mol. The number of hydrogen-bond donors (Lipinski definition) is 1. The Morgan fingerprint density at radius 2 is 2.38 bits per heavy atom. The van der Waals surface area contributed by atoms with Gasteiger partial charge >= 0.3 is 5.97 Å². The molecule has 0 aliphatic heterocycles. The summed E-state index contributed by atoms with van der Waals surface area (Å²) in [6, 6.07) is 3.47. The van der Waals surface area contributed by atoms with Crippen molar-refractivity contribution >= 4 is 5.97 Å². The summed E-state index contributed by atoms with van der Waals surface area (Å²) in [6.45, 7) is 4.83. The van der Waals surface area contributed by atoms with Crippen LogP contribution in [0.2, 0.25) is 0 Å². The molecule has 1 rings (SSSR count). The Balaban J connectivity index is 2.41. The Morgan fingerprint density at radius 1 is 1.56 bits per heavy atom. The standard InChI is InChI=1S/C12H19NO3/c1-3-6-11(12(14)15-4-2)13-9-10-7-5-8-16-10/h5,7-8,11,13H,3-4,6,9H2,1-2H3. The van der Waals surface area contributed by atoms with Gasteiger partial charge in [-0.05, 0) is 25.5 Å². The van der Waals surface area contributed by atoms with Crippen molar-refractivity contribution in [3.05, 3.63) is 24.2 Å². The van der Waals surface area contributed by atoms with E-state index in [0.29, 0.717) is 13.2 Å². The van der Waals surface area contributed by atoms with E-state index in [1.165, 1.54) is 0 Å². The SMILES string of the molecule is CCCC(NCc1ccco1)C(=O)OCC. The van der Waals surface area contributed by atoms with Crippen LogP contribution in [0.1, 0.15) is 32.4 Å². The monoisotopic (exact) mass is 225 g/mol. The van der Waals surface area contributed by atoms with Crippen LogP contribution >= 0.6 is 0 Å². The van der Waals surface area contributed by atoms with Gasteiger partial charge in [-0.25, -0.2) is 0 Å². The Morgan fingerprint density at radius 3 is 2.94 bits per heavy atom. The van der Waals surface area contributed by atoms with E-state index in [0.717, 1.165) is 18.6 Å². The van der Waals surface area contributed by atoms with Gasteiger partial charge in [-0.3, -0.25) is 10.1 Å². The molecule has 4 heteroatoms. The maximum absolute atomic E-state index is 11.6. The lowest BCUT2D eigenvalue weighted by molar-refractivity contribution is -0.145. The first kappa shape index (κ1) is 12.8. The van der Waals surface area contributed by atoms with Crippen LogP contribution < -0.4 is 5.32 Å². The van der Waals surface area contributed by atoms with Gasteiger partial charge < -0.3 is 9.15 Å². The summed E-state index contributed by atoms with van der Waals surface area (Å²) in [4.78, 5) is 11.6. The van der Waals surface area contributed by atoms with E-state index in [1.54, 1.807) is 6.26 Å². The molecule has 4 nitrogen and oxygen atoms in total. The summed E-state index contributed by atoms with van der Waals surface area (Å²) in [6.07, 6.45) is 3.34. The van der Waals surface area contributed by atoms with Crippen LogP contribution in [-0.2, 0) is 16.1 Å². The number of carbonyl (C=O) groups is 1. The Labute approximate surface area is 96.0 Å². The lowest BCUT2D eigenvalue weighted by atomic mass is 10.1. The fourth-order valence-corrected chi connectivity index (χ4v) is 1.47. The van der Waals surface area contributed by atoms with Gasteiger partial charge in [0.05, 0.1) is 19.4 Å². The molecular weight excluding hydrogens is 206 g/mol. The lowest BCUT2D eigenvalue weighted by Crippen LogP contribution is -2.37. The number of carbonyl (C=O) groups excluding carboxylic acids is 1. The molecule has 1 N–H and O–H groups in total. The zero-order chi connectivity index (χ0) is 11.8. The maximum atomic E-state index is 11.6. The molecule has 0 spiro atoms. The minimum Gasteiger partial charge on any atom is -0.468 e. The van der Waals surface area contributed by atoms with Gasteiger partial charge in [0, 0.05) is 0 Å². The van der Waals surface area contributed by atoms with E-state index in [1.807, 2.05) is 26.0 Å². The van der Waals surface area contributed by atoms with Gasteiger partial charge in [-0.1, -0.05) is 13.3 Å². The molecule has 0 saturated heterocycles. The molecule has 1 unspecified atom stereocenters. The minimum absolute atomic E-state index is 0.184. The maximum Gasteiger partial charge on any atom is 0.323 e. The second-order valence-corrected chi connectivity index (χ2v) is 3.55. The first-order chi connectivity index (χ1) is 7.77. The highest BCUT2D eigenvalue weighted by atomic mass is 16.5. The van der Waals surface area contributed by atoms with Crippen LogP contribution in [0.5, 0.6) is 0 Å². The molecule has 1 aromatic heterocycles. The largest absolute Gasteiger partial charge is 0.468 e. The molecule has 0 aliphatic carbocycles. The Hall–Kier alpha value is -1.29. The number of furan rings is 1. The van der Waals surface area contributed by atoms with E-state index < -0.39 is 0 Å². The number of rotatable bonds is 7. The average Bonchev–Trinajstić information content (AvgIpc) is 2.77. The van der Waals surface area contributed by atoms with Crippen LogP contribution in [0.15, 0.2) is 22.8 Å². The normalized spacial score (nSPS) is 12.4. The topological polar surface area (TPSA) is 51.5 Å². The van der Waals surface area contributed by atoms with Crippen molar-refractivity contribution < 1.29 is 13.9 Å². The van der Waals surface area contributed by atoms with E-state index in [4.69, 9.17) is 9.15 Å². The molecule has 0 radical (unpaired) electrons. The number of ether oxygens (including phenoxy) is 1. The summed E-state index contributed by atoms with van der Waals surface area (Å²) < 4.78 is 10.2. The van der Waals surface area contributed by atoms with Crippen molar-refractivity contribution in [2.24, 2.45) is 0 Å². The summed E-state index contributed by atoms with van der Waals surface area (Å²) in [7, 11) is 0. The third kappa shape index (κ3) is 4.06. The fourth-order valence-electron chi connectivity index (χ4n) is 1.47. The first-order valence-electron chi connectivity index (χ1n) is 5.70. The smallest absolute Gasteiger partial charge is 0.323 e. The third-order valence-electron chi connectivity index (χ3n) is 2.25. The van der Waals surface area contributed by atoms with E-state index in [9.17, 15) is 4.79 Å². The van der Waals surface area contributed by atoms with Crippen molar-refractivity contribution in [1.82, 2.24) is 5.32 Å². The van der Waals surface area contributed by atoms with Gasteiger partial charge in [0.2, 0.25) is 0 Å². The summed E-state index contributed by atoms with van der Waals surface area (Å²) in [5.41, 5.74) is 0. The Kier molecular flexibility index (Phi) is 5.64. The molecule has 0 aliphatic rings. The van der Waals surface area contributed by atoms with Crippen LogP contribution in [0, 0.1) is 0 Å². The van der Waals surface area contributed by atoms with Crippen molar-refractivity contribution in [3.63, 3.8) is 0 Å². The second-order valence-electron chi connectivity index (χ2n) is 3.55. The van der Waals surface area contributed by atoms with Crippen LogP contribution in [0.3, 0.4) is 0 Å². The van der Waals surface area contributed by atoms with Gasteiger partial charge in [-0.15, -0.1) is 0 Å². The highest BCUT2D eigenvalue weighted by molar-refractivity contribution is 5.75. The van der Waals surface area contributed by atoms with E-state index >= 15 is 0 Å². The molecule has 16 heavy (non-hydrogen) atoms.